The third-order valence-electron chi connectivity index (χ3n) is 3.80. The van der Waals surface area contributed by atoms with E-state index in [0.717, 1.165) is 18.2 Å². The molecule has 136 valence electrons. The zero-order chi connectivity index (χ0) is 19.1. The smallest absolute Gasteiger partial charge is 0.288 e. The number of halogens is 5. The molecule has 2 aromatic rings. The van der Waals surface area contributed by atoms with Gasteiger partial charge in [-0.25, -0.2) is 13.2 Å². The van der Waals surface area contributed by atoms with Crippen molar-refractivity contribution in [1.82, 2.24) is 0 Å². The van der Waals surface area contributed by atoms with E-state index in [1.54, 1.807) is 6.07 Å². The first-order chi connectivity index (χ1) is 12.2. The molecule has 0 fully saturated rings. The first-order valence-electron chi connectivity index (χ1n) is 7.26. The second-order valence-electron chi connectivity index (χ2n) is 5.56. The number of nitrogens with zero attached hydrogens (tertiary/aromatic N) is 1. The Morgan fingerprint density at radius 1 is 1.27 bits per heavy atom. The molecule has 0 bridgehead atoms. The Balaban J connectivity index is 2.05. The van der Waals surface area contributed by atoms with E-state index < -0.39 is 30.0 Å². The number of aliphatic hydroxyl groups is 1. The number of thioether (sulfide) groups is 1. The highest BCUT2D eigenvalue weighted by molar-refractivity contribution is 7.99. The molecule has 0 aromatic heterocycles. The van der Waals surface area contributed by atoms with Crippen LogP contribution in [0, 0.1) is 17.1 Å². The molecular weight excluding hydrogens is 377 g/mol. The summed E-state index contributed by atoms with van der Waals surface area (Å²) in [5.74, 6) is -7.38. The van der Waals surface area contributed by atoms with Gasteiger partial charge in [0.15, 0.2) is 0 Å². The van der Waals surface area contributed by atoms with Crippen molar-refractivity contribution in [2.45, 2.75) is 29.1 Å². The van der Waals surface area contributed by atoms with Crippen molar-refractivity contribution in [3.8, 4) is 17.6 Å². The Kier molecular flexibility index (Phi) is 4.82. The molecule has 2 aromatic carbocycles. The van der Waals surface area contributed by atoms with Crippen LogP contribution in [0.4, 0.5) is 22.0 Å². The number of fused-ring (bicyclic) bond motifs is 1. The van der Waals surface area contributed by atoms with E-state index in [0.29, 0.717) is 0 Å². The first-order valence-corrected chi connectivity index (χ1v) is 8.14. The predicted molar refractivity (Wildman–Crippen MR) is 83.1 cm³/mol. The van der Waals surface area contributed by atoms with Gasteiger partial charge in [0, 0.05) is 28.5 Å². The Labute approximate surface area is 149 Å². The average Bonchev–Trinajstić information content (AvgIpc) is 2.79. The largest absolute Gasteiger partial charge is 0.457 e. The van der Waals surface area contributed by atoms with Crippen LogP contribution in [-0.4, -0.2) is 16.8 Å². The molecule has 0 aliphatic heterocycles. The summed E-state index contributed by atoms with van der Waals surface area (Å²) >= 11 is 0.0465. The Morgan fingerprint density at radius 2 is 2.00 bits per heavy atom. The molecular formula is C17H10F5NO2S. The summed E-state index contributed by atoms with van der Waals surface area (Å²) in [5, 5.41) is 18.7. The number of nitriles is 1. The molecule has 0 heterocycles. The van der Waals surface area contributed by atoms with Gasteiger partial charge in [-0.1, -0.05) is 11.8 Å². The summed E-state index contributed by atoms with van der Waals surface area (Å²) in [5.41, 5.74) is -0.488. The highest BCUT2D eigenvalue weighted by Gasteiger charge is 2.49. The number of hydrogen-bond donors (Lipinski definition) is 1. The molecule has 3 rings (SSSR count). The third kappa shape index (κ3) is 3.48. The van der Waals surface area contributed by atoms with Crippen molar-refractivity contribution in [2.75, 3.05) is 0 Å². The summed E-state index contributed by atoms with van der Waals surface area (Å²) in [4.78, 5) is -0.177. The van der Waals surface area contributed by atoms with Gasteiger partial charge in [0.1, 0.15) is 23.4 Å². The lowest BCUT2D eigenvalue weighted by atomic mass is 10.1. The summed E-state index contributed by atoms with van der Waals surface area (Å²) in [6.45, 7) is 0. The number of ether oxygens (including phenoxy) is 1. The molecule has 0 amide bonds. The second-order valence-corrected chi connectivity index (χ2v) is 6.59. The normalized spacial score (nSPS) is 17.8. The fourth-order valence-electron chi connectivity index (χ4n) is 2.76. The third-order valence-corrected chi connectivity index (χ3v) is 4.59. The van der Waals surface area contributed by atoms with Crippen LogP contribution in [-0.2, 0) is 6.42 Å². The number of aliphatic hydroxyl groups excluding tert-OH is 1. The number of alkyl halides is 4. The Hall–Kier alpha value is -2.31. The Morgan fingerprint density at radius 3 is 2.65 bits per heavy atom. The van der Waals surface area contributed by atoms with Gasteiger partial charge >= 0.3 is 0 Å². The van der Waals surface area contributed by atoms with Gasteiger partial charge in [-0.2, -0.15) is 14.0 Å². The summed E-state index contributed by atoms with van der Waals surface area (Å²) < 4.78 is 72.2. The van der Waals surface area contributed by atoms with Crippen molar-refractivity contribution < 1.29 is 31.8 Å². The maximum absolute atomic E-state index is 13.9. The average molecular weight is 387 g/mol. The Bertz CT molecular complexity index is 897. The van der Waals surface area contributed by atoms with Crippen LogP contribution in [0.3, 0.4) is 0 Å². The topological polar surface area (TPSA) is 53.2 Å². The van der Waals surface area contributed by atoms with E-state index in [9.17, 15) is 27.1 Å². The van der Waals surface area contributed by atoms with E-state index in [2.05, 4.69) is 0 Å². The molecule has 0 saturated carbocycles. The summed E-state index contributed by atoms with van der Waals surface area (Å²) in [6, 6.07) is 7.21. The highest BCUT2D eigenvalue weighted by Crippen LogP contribution is 2.51. The fraction of sp³-hybridized carbons (Fsp3) is 0.235. The zero-order valence-corrected chi connectivity index (χ0v) is 13.7. The summed E-state index contributed by atoms with van der Waals surface area (Å²) in [7, 11) is 0. The standard InChI is InChI=1S/C17H10F5NO2S/c18-9-3-8(7-23)4-10(5-9)25-12-1-2-13(26-16(19)20)14-11(12)6-17(21,22)15(14)24/h1-5,15-16,24H,6H2/t15-/m1/s1. The van der Waals surface area contributed by atoms with Crippen LogP contribution in [0.25, 0.3) is 0 Å². The highest BCUT2D eigenvalue weighted by atomic mass is 32.2. The van der Waals surface area contributed by atoms with E-state index in [1.165, 1.54) is 12.1 Å². The van der Waals surface area contributed by atoms with Gasteiger partial charge < -0.3 is 9.84 Å². The molecule has 0 radical (unpaired) electrons. The quantitative estimate of drug-likeness (QED) is 0.591. The van der Waals surface area contributed by atoms with Crippen molar-refractivity contribution in [3.05, 3.63) is 52.8 Å². The zero-order valence-electron chi connectivity index (χ0n) is 12.8. The molecule has 0 spiro atoms. The molecule has 3 nitrogen and oxygen atoms in total. The van der Waals surface area contributed by atoms with Crippen molar-refractivity contribution in [3.63, 3.8) is 0 Å². The lowest BCUT2D eigenvalue weighted by Gasteiger charge is -2.16. The monoisotopic (exact) mass is 387 g/mol. The molecule has 1 aliphatic carbocycles. The van der Waals surface area contributed by atoms with E-state index in [-0.39, 0.29) is 44.8 Å². The van der Waals surface area contributed by atoms with Crippen LogP contribution in [0.2, 0.25) is 0 Å². The van der Waals surface area contributed by atoms with Gasteiger partial charge in [0.2, 0.25) is 0 Å². The molecule has 1 atom stereocenters. The molecule has 0 unspecified atom stereocenters. The molecule has 9 heteroatoms. The molecule has 1 aliphatic rings. The van der Waals surface area contributed by atoms with Crippen molar-refractivity contribution >= 4 is 11.8 Å². The van der Waals surface area contributed by atoms with Gasteiger partial charge in [-0.3, -0.25) is 0 Å². The van der Waals surface area contributed by atoms with Crippen molar-refractivity contribution in [1.29, 1.82) is 5.26 Å². The first kappa shape index (κ1) is 18.5. The molecule has 0 saturated heterocycles. The van der Waals surface area contributed by atoms with Crippen LogP contribution in [0.15, 0.2) is 35.2 Å². The second kappa shape index (κ2) is 6.78. The van der Waals surface area contributed by atoms with E-state index in [1.807, 2.05) is 0 Å². The van der Waals surface area contributed by atoms with Crippen LogP contribution in [0.5, 0.6) is 11.5 Å². The van der Waals surface area contributed by atoms with Gasteiger partial charge in [0.25, 0.3) is 11.7 Å². The summed E-state index contributed by atoms with van der Waals surface area (Å²) in [6.07, 6.45) is -3.15. The SMILES string of the molecule is N#Cc1cc(F)cc(Oc2ccc(SC(F)F)c3c2CC(F)(F)[C@@H]3O)c1. The minimum atomic E-state index is -3.54. The van der Waals surface area contributed by atoms with Crippen LogP contribution >= 0.6 is 11.8 Å². The van der Waals surface area contributed by atoms with Crippen molar-refractivity contribution in [2.24, 2.45) is 0 Å². The maximum Gasteiger partial charge on any atom is 0.288 e. The van der Waals surface area contributed by atoms with Gasteiger partial charge in [0.05, 0.1) is 11.6 Å². The number of hydrogen-bond acceptors (Lipinski definition) is 4. The maximum atomic E-state index is 13.9. The fourth-order valence-corrected chi connectivity index (χ4v) is 3.46. The molecule has 26 heavy (non-hydrogen) atoms. The van der Waals surface area contributed by atoms with Crippen LogP contribution in [0.1, 0.15) is 22.8 Å². The van der Waals surface area contributed by atoms with Gasteiger partial charge in [-0.05, 0) is 24.3 Å². The van der Waals surface area contributed by atoms with Gasteiger partial charge in [-0.15, -0.1) is 0 Å². The number of benzene rings is 2. The minimum absolute atomic E-state index is 0.0353. The molecule has 1 N–H and O–H groups in total. The van der Waals surface area contributed by atoms with E-state index in [4.69, 9.17) is 10.00 Å². The van der Waals surface area contributed by atoms with E-state index >= 15 is 0 Å². The van der Waals surface area contributed by atoms with Crippen LogP contribution < -0.4 is 4.74 Å². The predicted octanol–water partition coefficient (Wildman–Crippen LogP) is 5.03. The lowest BCUT2D eigenvalue weighted by molar-refractivity contribution is -0.0976. The minimum Gasteiger partial charge on any atom is -0.457 e. The lowest BCUT2D eigenvalue weighted by Crippen LogP contribution is -2.21. The number of rotatable bonds is 4.